The van der Waals surface area contributed by atoms with Crippen molar-refractivity contribution < 1.29 is 14.3 Å². The summed E-state index contributed by atoms with van der Waals surface area (Å²) in [5, 5.41) is 0. The number of Topliss-reactive ketones (excluding diaryl/α,β-unsaturated/α-hetero) is 1. The lowest BCUT2D eigenvalue weighted by Gasteiger charge is -2.36. The van der Waals surface area contributed by atoms with Gasteiger partial charge in [0.25, 0.3) is 0 Å². The molecule has 3 nitrogen and oxygen atoms in total. The minimum absolute atomic E-state index is 0.151. The summed E-state index contributed by atoms with van der Waals surface area (Å²) in [5.74, 6) is -0.123. The van der Waals surface area contributed by atoms with Gasteiger partial charge in [-0.15, -0.1) is 0 Å². The number of ether oxygens (including phenoxy) is 2. The van der Waals surface area contributed by atoms with Crippen LogP contribution in [0.25, 0.3) is 0 Å². The van der Waals surface area contributed by atoms with E-state index in [0.717, 1.165) is 0 Å². The Morgan fingerprint density at radius 3 is 1.31 bits per heavy atom. The van der Waals surface area contributed by atoms with E-state index < -0.39 is 11.2 Å². The van der Waals surface area contributed by atoms with Crippen molar-refractivity contribution in [2.45, 2.75) is 52.7 Å². The van der Waals surface area contributed by atoms with E-state index in [9.17, 15) is 4.79 Å². The van der Waals surface area contributed by atoms with E-state index in [-0.39, 0.29) is 17.6 Å². The summed E-state index contributed by atoms with van der Waals surface area (Å²) < 4.78 is 10.7. The second-order valence-electron chi connectivity index (χ2n) is 5.46. The molecule has 0 aromatic rings. The first-order valence-corrected chi connectivity index (χ1v) is 5.74. The highest BCUT2D eigenvalue weighted by Gasteiger charge is 2.39. The van der Waals surface area contributed by atoms with Gasteiger partial charge in [-0.1, -0.05) is 13.8 Å². The molecule has 0 N–H and O–H groups in total. The largest absolute Gasteiger partial charge is 0.378 e. The van der Waals surface area contributed by atoms with Gasteiger partial charge >= 0.3 is 0 Å². The predicted molar refractivity (Wildman–Crippen MR) is 65.5 cm³/mol. The van der Waals surface area contributed by atoms with Gasteiger partial charge < -0.3 is 9.47 Å². The summed E-state index contributed by atoms with van der Waals surface area (Å²) in [6.07, 6.45) is 0. The first-order chi connectivity index (χ1) is 7.10. The van der Waals surface area contributed by atoms with E-state index in [1.807, 2.05) is 41.5 Å². The second-order valence-corrected chi connectivity index (χ2v) is 5.46. The number of methoxy groups -OCH3 is 2. The van der Waals surface area contributed by atoms with Crippen LogP contribution >= 0.6 is 0 Å². The van der Waals surface area contributed by atoms with Crippen LogP contribution in [-0.4, -0.2) is 31.2 Å². The summed E-state index contributed by atoms with van der Waals surface area (Å²) in [5.41, 5.74) is -0.871. The van der Waals surface area contributed by atoms with Crippen molar-refractivity contribution in [3.63, 3.8) is 0 Å². The quantitative estimate of drug-likeness (QED) is 0.703. The third kappa shape index (κ3) is 3.29. The molecule has 0 saturated heterocycles. The lowest BCUT2D eigenvalue weighted by atomic mass is 9.78. The van der Waals surface area contributed by atoms with Crippen LogP contribution in [0.15, 0.2) is 0 Å². The third-order valence-corrected chi connectivity index (χ3v) is 3.99. The zero-order chi connectivity index (χ0) is 13.1. The molecule has 3 heteroatoms. The number of hydrogen-bond acceptors (Lipinski definition) is 3. The zero-order valence-corrected chi connectivity index (χ0v) is 11.9. The summed E-state index contributed by atoms with van der Waals surface area (Å²) in [6, 6.07) is 0. The first kappa shape index (κ1) is 15.6. The molecule has 0 spiro atoms. The second kappa shape index (κ2) is 5.28. The predicted octanol–water partition coefficient (Wildman–Crippen LogP) is 2.68. The molecule has 2 atom stereocenters. The highest BCUT2D eigenvalue weighted by Crippen LogP contribution is 2.29. The van der Waals surface area contributed by atoms with Gasteiger partial charge in [0.05, 0.1) is 11.2 Å². The van der Waals surface area contributed by atoms with E-state index in [1.165, 1.54) is 0 Å². The van der Waals surface area contributed by atoms with Crippen molar-refractivity contribution in [1.82, 2.24) is 0 Å². The van der Waals surface area contributed by atoms with Crippen LogP contribution < -0.4 is 0 Å². The lowest BCUT2D eigenvalue weighted by molar-refractivity contribution is -0.143. The van der Waals surface area contributed by atoms with Crippen LogP contribution in [-0.2, 0) is 14.3 Å². The van der Waals surface area contributed by atoms with Crippen molar-refractivity contribution in [2.24, 2.45) is 11.8 Å². The van der Waals surface area contributed by atoms with Crippen molar-refractivity contribution in [3.05, 3.63) is 0 Å². The molecule has 16 heavy (non-hydrogen) atoms. The van der Waals surface area contributed by atoms with Gasteiger partial charge in [-0.25, -0.2) is 0 Å². The van der Waals surface area contributed by atoms with Gasteiger partial charge in [0.1, 0.15) is 5.78 Å². The Kier molecular flexibility index (Phi) is 5.15. The number of carbonyl (C=O) groups is 1. The molecule has 0 radical (unpaired) electrons. The molecule has 0 aliphatic carbocycles. The lowest BCUT2D eigenvalue weighted by Crippen LogP contribution is -2.45. The van der Waals surface area contributed by atoms with E-state index in [2.05, 4.69) is 0 Å². The molecule has 0 aromatic carbocycles. The minimum Gasteiger partial charge on any atom is -0.378 e. The Labute approximate surface area is 99.5 Å². The molecule has 0 saturated carbocycles. The summed E-state index contributed by atoms with van der Waals surface area (Å²) in [4.78, 5) is 12.3. The van der Waals surface area contributed by atoms with Crippen molar-refractivity contribution in [2.75, 3.05) is 14.2 Å². The number of hydrogen-bond donors (Lipinski definition) is 0. The van der Waals surface area contributed by atoms with E-state index in [1.54, 1.807) is 14.2 Å². The molecular weight excluding hydrogens is 204 g/mol. The Morgan fingerprint density at radius 2 is 1.12 bits per heavy atom. The third-order valence-electron chi connectivity index (χ3n) is 3.99. The minimum atomic E-state index is -0.435. The van der Waals surface area contributed by atoms with Crippen molar-refractivity contribution in [3.8, 4) is 0 Å². The Bertz CT molecular complexity index is 220. The van der Waals surface area contributed by atoms with Crippen molar-refractivity contribution in [1.29, 1.82) is 0 Å². The maximum Gasteiger partial charge on any atom is 0.144 e. The summed E-state index contributed by atoms with van der Waals surface area (Å²) in [7, 11) is 3.27. The monoisotopic (exact) mass is 230 g/mol. The maximum atomic E-state index is 12.3. The fraction of sp³-hybridized carbons (Fsp3) is 0.923. The van der Waals surface area contributed by atoms with Crippen LogP contribution in [0.4, 0.5) is 0 Å². The van der Waals surface area contributed by atoms with E-state index in [0.29, 0.717) is 0 Å². The summed E-state index contributed by atoms with van der Waals surface area (Å²) in [6.45, 7) is 11.6. The Balaban J connectivity index is 4.82. The van der Waals surface area contributed by atoms with Gasteiger partial charge in [0, 0.05) is 26.1 Å². The van der Waals surface area contributed by atoms with Gasteiger partial charge in [0.15, 0.2) is 0 Å². The van der Waals surface area contributed by atoms with Crippen LogP contribution in [0.3, 0.4) is 0 Å². The Morgan fingerprint density at radius 1 is 0.875 bits per heavy atom. The average Bonchev–Trinajstić information content (AvgIpc) is 2.25. The summed E-state index contributed by atoms with van der Waals surface area (Å²) >= 11 is 0. The normalized spacial score (nSPS) is 17.0. The smallest absolute Gasteiger partial charge is 0.144 e. The Hall–Kier alpha value is -0.410. The van der Waals surface area contributed by atoms with E-state index >= 15 is 0 Å². The molecule has 0 bridgehead atoms. The highest BCUT2D eigenvalue weighted by atomic mass is 16.5. The number of rotatable bonds is 6. The van der Waals surface area contributed by atoms with Gasteiger partial charge in [-0.2, -0.15) is 0 Å². The van der Waals surface area contributed by atoms with Crippen LogP contribution in [0.5, 0.6) is 0 Å². The molecule has 0 amide bonds. The SMILES string of the molecule is COC(C)(C)C(C)C(=O)C(C)C(C)(C)OC. The molecule has 0 heterocycles. The van der Waals surface area contributed by atoms with E-state index in [4.69, 9.17) is 9.47 Å². The highest BCUT2D eigenvalue weighted by molar-refractivity contribution is 5.84. The van der Waals surface area contributed by atoms with Crippen LogP contribution in [0, 0.1) is 11.8 Å². The zero-order valence-electron chi connectivity index (χ0n) is 11.9. The first-order valence-electron chi connectivity index (χ1n) is 5.74. The van der Waals surface area contributed by atoms with Crippen LogP contribution in [0.2, 0.25) is 0 Å². The van der Waals surface area contributed by atoms with Crippen LogP contribution in [0.1, 0.15) is 41.5 Å². The molecule has 2 unspecified atom stereocenters. The fourth-order valence-corrected chi connectivity index (χ4v) is 1.41. The fourth-order valence-electron chi connectivity index (χ4n) is 1.41. The molecule has 0 rings (SSSR count). The van der Waals surface area contributed by atoms with Gasteiger partial charge in [-0.05, 0) is 27.7 Å². The van der Waals surface area contributed by atoms with Gasteiger partial charge in [0.2, 0.25) is 0 Å². The average molecular weight is 230 g/mol. The molecule has 0 aromatic heterocycles. The topological polar surface area (TPSA) is 35.5 Å². The van der Waals surface area contributed by atoms with Crippen molar-refractivity contribution >= 4 is 5.78 Å². The number of carbonyl (C=O) groups excluding carboxylic acids is 1. The maximum absolute atomic E-state index is 12.3. The molecule has 0 aliphatic heterocycles. The molecular formula is C13H26O3. The molecule has 0 fully saturated rings. The molecule has 0 aliphatic rings. The van der Waals surface area contributed by atoms with Gasteiger partial charge in [-0.3, -0.25) is 4.79 Å². The number of ketones is 1. The standard InChI is InChI=1S/C13H26O3/c1-9(12(3,4)15-7)11(14)10(2)13(5,6)16-8/h9-10H,1-8H3. The molecule has 96 valence electrons.